The zero-order chi connectivity index (χ0) is 11.1. The molecule has 0 bridgehead atoms. The standard InChI is InChI=1S/C13H24O/c1-9(2)10-11(12(3,4)5)13(6,7)8-14-10/h9H,8H2,1-7H3. The average molecular weight is 196 g/mol. The van der Waals surface area contributed by atoms with Crippen molar-refractivity contribution in [2.75, 3.05) is 6.61 Å². The first-order valence-electron chi connectivity index (χ1n) is 5.54. The number of allylic oxidation sites excluding steroid dienone is 1. The Morgan fingerprint density at radius 2 is 1.71 bits per heavy atom. The van der Waals surface area contributed by atoms with Crippen LogP contribution in [0.2, 0.25) is 0 Å². The lowest BCUT2D eigenvalue weighted by molar-refractivity contribution is 0.165. The van der Waals surface area contributed by atoms with E-state index in [0.717, 1.165) is 6.61 Å². The van der Waals surface area contributed by atoms with E-state index in [-0.39, 0.29) is 10.8 Å². The molecule has 0 aromatic heterocycles. The van der Waals surface area contributed by atoms with Crippen LogP contribution in [-0.2, 0) is 4.74 Å². The van der Waals surface area contributed by atoms with Crippen LogP contribution in [0.15, 0.2) is 11.3 Å². The van der Waals surface area contributed by atoms with Crippen molar-refractivity contribution < 1.29 is 4.74 Å². The summed E-state index contributed by atoms with van der Waals surface area (Å²) in [5.41, 5.74) is 1.93. The smallest absolute Gasteiger partial charge is 0.0989 e. The molecule has 0 aromatic carbocycles. The summed E-state index contributed by atoms with van der Waals surface area (Å²) < 4.78 is 5.85. The van der Waals surface area contributed by atoms with Crippen LogP contribution in [0.3, 0.4) is 0 Å². The van der Waals surface area contributed by atoms with E-state index in [2.05, 4.69) is 48.5 Å². The van der Waals surface area contributed by atoms with Crippen LogP contribution >= 0.6 is 0 Å². The van der Waals surface area contributed by atoms with Crippen LogP contribution in [0, 0.1) is 16.7 Å². The van der Waals surface area contributed by atoms with E-state index in [4.69, 9.17) is 4.74 Å². The third-order valence-corrected chi connectivity index (χ3v) is 2.79. The summed E-state index contributed by atoms with van der Waals surface area (Å²) in [7, 11) is 0. The van der Waals surface area contributed by atoms with E-state index in [1.54, 1.807) is 0 Å². The van der Waals surface area contributed by atoms with Crippen LogP contribution in [0.1, 0.15) is 48.5 Å². The zero-order valence-electron chi connectivity index (χ0n) is 10.7. The second-order valence-corrected chi connectivity index (χ2v) is 6.32. The second kappa shape index (κ2) is 3.29. The SMILES string of the molecule is CC(C)C1=C(C(C)(C)C)C(C)(C)CO1. The van der Waals surface area contributed by atoms with Crippen molar-refractivity contribution in [3.63, 3.8) is 0 Å². The maximum absolute atomic E-state index is 5.85. The molecule has 0 unspecified atom stereocenters. The molecule has 0 atom stereocenters. The summed E-state index contributed by atoms with van der Waals surface area (Å²) in [6.07, 6.45) is 0. The molecule has 0 amide bonds. The maximum atomic E-state index is 5.85. The molecule has 0 radical (unpaired) electrons. The van der Waals surface area contributed by atoms with Gasteiger partial charge in [-0.3, -0.25) is 0 Å². The highest BCUT2D eigenvalue weighted by Crippen LogP contribution is 2.48. The van der Waals surface area contributed by atoms with E-state index < -0.39 is 0 Å². The Bertz CT molecular complexity index is 251. The fourth-order valence-corrected chi connectivity index (χ4v) is 2.58. The minimum Gasteiger partial charge on any atom is -0.497 e. The Labute approximate surface area is 88.5 Å². The largest absolute Gasteiger partial charge is 0.497 e. The van der Waals surface area contributed by atoms with E-state index >= 15 is 0 Å². The van der Waals surface area contributed by atoms with Crippen LogP contribution in [0.5, 0.6) is 0 Å². The molecule has 0 saturated carbocycles. The molecule has 0 aliphatic carbocycles. The van der Waals surface area contributed by atoms with Crippen molar-refractivity contribution >= 4 is 0 Å². The molecule has 1 nitrogen and oxygen atoms in total. The van der Waals surface area contributed by atoms with Crippen molar-refractivity contribution in [2.45, 2.75) is 48.5 Å². The van der Waals surface area contributed by atoms with Gasteiger partial charge in [0.25, 0.3) is 0 Å². The Kier molecular flexibility index (Phi) is 2.73. The molecule has 1 aliphatic heterocycles. The molecule has 0 N–H and O–H groups in total. The number of hydrogen-bond acceptors (Lipinski definition) is 1. The summed E-state index contributed by atoms with van der Waals surface area (Å²) in [6, 6.07) is 0. The summed E-state index contributed by atoms with van der Waals surface area (Å²) >= 11 is 0. The van der Waals surface area contributed by atoms with Crippen LogP contribution in [-0.4, -0.2) is 6.61 Å². The van der Waals surface area contributed by atoms with Crippen molar-refractivity contribution in [2.24, 2.45) is 16.7 Å². The van der Waals surface area contributed by atoms with Crippen molar-refractivity contribution in [1.82, 2.24) is 0 Å². The number of rotatable bonds is 1. The highest BCUT2D eigenvalue weighted by molar-refractivity contribution is 5.27. The van der Waals surface area contributed by atoms with Gasteiger partial charge < -0.3 is 4.74 Å². The van der Waals surface area contributed by atoms with Gasteiger partial charge in [0.2, 0.25) is 0 Å². The molecule has 1 aliphatic rings. The lowest BCUT2D eigenvalue weighted by Gasteiger charge is -2.31. The Hall–Kier alpha value is -0.460. The third-order valence-electron chi connectivity index (χ3n) is 2.79. The summed E-state index contributed by atoms with van der Waals surface area (Å²) in [4.78, 5) is 0. The van der Waals surface area contributed by atoms with Crippen molar-refractivity contribution in [3.05, 3.63) is 11.3 Å². The predicted molar refractivity (Wildman–Crippen MR) is 61.1 cm³/mol. The lowest BCUT2D eigenvalue weighted by atomic mass is 9.71. The van der Waals surface area contributed by atoms with Crippen LogP contribution < -0.4 is 0 Å². The van der Waals surface area contributed by atoms with Crippen molar-refractivity contribution in [1.29, 1.82) is 0 Å². The Morgan fingerprint density at radius 1 is 1.21 bits per heavy atom. The molecular formula is C13H24O. The van der Waals surface area contributed by atoms with Crippen LogP contribution in [0.25, 0.3) is 0 Å². The monoisotopic (exact) mass is 196 g/mol. The molecule has 0 aromatic rings. The van der Waals surface area contributed by atoms with E-state index in [9.17, 15) is 0 Å². The van der Waals surface area contributed by atoms with Crippen LogP contribution in [0.4, 0.5) is 0 Å². The van der Waals surface area contributed by atoms with E-state index in [0.29, 0.717) is 5.92 Å². The van der Waals surface area contributed by atoms with Gasteiger partial charge >= 0.3 is 0 Å². The van der Waals surface area contributed by atoms with Gasteiger partial charge in [0.15, 0.2) is 0 Å². The molecule has 14 heavy (non-hydrogen) atoms. The fourth-order valence-electron chi connectivity index (χ4n) is 2.58. The maximum Gasteiger partial charge on any atom is 0.0989 e. The van der Waals surface area contributed by atoms with Gasteiger partial charge in [-0.2, -0.15) is 0 Å². The van der Waals surface area contributed by atoms with Gasteiger partial charge in [-0.05, 0) is 11.0 Å². The second-order valence-electron chi connectivity index (χ2n) is 6.32. The number of hydrogen-bond donors (Lipinski definition) is 0. The first kappa shape index (κ1) is 11.6. The Balaban J connectivity index is 3.19. The fraction of sp³-hybridized carbons (Fsp3) is 0.846. The van der Waals surface area contributed by atoms with Crippen molar-refractivity contribution in [3.8, 4) is 0 Å². The summed E-state index contributed by atoms with van der Waals surface area (Å²) in [5, 5.41) is 0. The highest BCUT2D eigenvalue weighted by atomic mass is 16.5. The first-order valence-corrected chi connectivity index (χ1v) is 5.54. The highest BCUT2D eigenvalue weighted by Gasteiger charge is 2.41. The summed E-state index contributed by atoms with van der Waals surface area (Å²) in [5.74, 6) is 1.73. The quantitative estimate of drug-likeness (QED) is 0.616. The van der Waals surface area contributed by atoms with E-state index in [1.165, 1.54) is 11.3 Å². The molecule has 0 spiro atoms. The minimum absolute atomic E-state index is 0.206. The third kappa shape index (κ3) is 1.97. The van der Waals surface area contributed by atoms with E-state index in [1.807, 2.05) is 0 Å². The molecule has 1 heteroatoms. The Morgan fingerprint density at radius 3 is 2.00 bits per heavy atom. The molecular weight excluding hydrogens is 172 g/mol. The first-order chi connectivity index (χ1) is 6.16. The summed E-state index contributed by atoms with van der Waals surface area (Å²) in [6.45, 7) is 16.7. The molecule has 0 saturated heterocycles. The van der Waals surface area contributed by atoms with Gasteiger partial charge in [-0.15, -0.1) is 0 Å². The number of ether oxygens (including phenoxy) is 1. The molecule has 1 heterocycles. The van der Waals surface area contributed by atoms with Gasteiger partial charge in [-0.25, -0.2) is 0 Å². The predicted octanol–water partition coefficient (Wildman–Crippen LogP) is 4.00. The van der Waals surface area contributed by atoms with Gasteiger partial charge in [0, 0.05) is 11.3 Å². The zero-order valence-corrected chi connectivity index (χ0v) is 10.7. The van der Waals surface area contributed by atoms with Gasteiger partial charge in [0.1, 0.15) is 0 Å². The molecule has 82 valence electrons. The van der Waals surface area contributed by atoms with Gasteiger partial charge in [-0.1, -0.05) is 48.5 Å². The van der Waals surface area contributed by atoms with Gasteiger partial charge in [0.05, 0.1) is 12.4 Å². The normalized spacial score (nSPS) is 21.7. The molecule has 0 fully saturated rings. The minimum atomic E-state index is 0.206. The topological polar surface area (TPSA) is 9.23 Å². The average Bonchev–Trinajstić information content (AvgIpc) is 2.23. The lowest BCUT2D eigenvalue weighted by Crippen LogP contribution is -2.25. The molecule has 1 rings (SSSR count).